The van der Waals surface area contributed by atoms with Gasteiger partial charge in [-0.15, -0.1) is 5.06 Å². The average molecular weight is 519 g/mol. The number of aryl methyl sites for hydroxylation is 1. The van der Waals surface area contributed by atoms with Crippen LogP contribution in [0.2, 0.25) is 5.02 Å². The zero-order valence-electron chi connectivity index (χ0n) is 20.2. The van der Waals surface area contributed by atoms with Crippen molar-refractivity contribution in [3.05, 3.63) is 94.5 Å². The molecule has 3 aliphatic rings. The number of carbonyl (C=O) groups is 2. The summed E-state index contributed by atoms with van der Waals surface area (Å²) in [7, 11) is 0. The number of hydrogen-bond acceptors (Lipinski definition) is 5. The first kappa shape index (κ1) is 23.8. The maximum Gasteiger partial charge on any atom is 0.434 e. The average Bonchev–Trinajstić information content (AvgIpc) is 3.73. The largest absolute Gasteiger partial charge is 0.457 e. The third-order valence-electron chi connectivity index (χ3n) is 7.24. The second-order valence-electron chi connectivity index (χ2n) is 9.70. The van der Waals surface area contributed by atoms with Gasteiger partial charge in [0, 0.05) is 29.2 Å². The van der Waals surface area contributed by atoms with Gasteiger partial charge in [0.25, 0.3) is 5.91 Å². The Labute approximate surface area is 220 Å². The summed E-state index contributed by atoms with van der Waals surface area (Å²) in [6.45, 7) is 1.22. The molecule has 3 aromatic carbocycles. The minimum atomic E-state index is -0.604. The van der Waals surface area contributed by atoms with Crippen LogP contribution in [0.1, 0.15) is 46.9 Å². The second kappa shape index (κ2) is 10.1. The lowest BCUT2D eigenvalue weighted by Crippen LogP contribution is -2.45. The molecule has 3 heterocycles. The second-order valence-corrected chi connectivity index (χ2v) is 10.1. The van der Waals surface area contributed by atoms with Crippen molar-refractivity contribution in [3.8, 4) is 11.5 Å². The fourth-order valence-corrected chi connectivity index (χ4v) is 5.19. The number of fused-ring (bicyclic) bond motifs is 3. The Balaban J connectivity index is 1.03. The third-order valence-corrected chi connectivity index (χ3v) is 7.49. The third kappa shape index (κ3) is 5.15. The summed E-state index contributed by atoms with van der Waals surface area (Å²) in [5.41, 5.74) is 2.47. The van der Waals surface area contributed by atoms with Gasteiger partial charge in [0.1, 0.15) is 17.6 Å². The summed E-state index contributed by atoms with van der Waals surface area (Å²) in [5.74, 6) is 1.50. The van der Waals surface area contributed by atoms with Gasteiger partial charge < -0.3 is 19.2 Å². The van der Waals surface area contributed by atoms with Gasteiger partial charge in [-0.1, -0.05) is 41.9 Å². The van der Waals surface area contributed by atoms with Gasteiger partial charge in [0.2, 0.25) is 0 Å². The Bertz CT molecular complexity index is 1290. The molecule has 7 nitrogen and oxygen atoms in total. The van der Waals surface area contributed by atoms with E-state index in [1.165, 1.54) is 5.56 Å². The van der Waals surface area contributed by atoms with Crippen LogP contribution in [-0.4, -0.2) is 41.3 Å². The number of piperidine rings is 1. The molecule has 2 fully saturated rings. The molecule has 0 N–H and O–H groups in total. The number of ether oxygens (including phenoxy) is 2. The van der Waals surface area contributed by atoms with Crippen LogP contribution in [0.15, 0.2) is 72.8 Å². The number of likely N-dealkylation sites (tertiary alicyclic amines) is 1. The van der Waals surface area contributed by atoms with Gasteiger partial charge in [-0.3, -0.25) is 4.79 Å². The highest BCUT2D eigenvalue weighted by Gasteiger charge is 2.55. The number of rotatable bonds is 6. The molecule has 2 atom stereocenters. The molecule has 0 bridgehead atoms. The molecule has 0 aliphatic carbocycles. The monoisotopic (exact) mass is 518 g/mol. The zero-order chi connectivity index (χ0) is 25.4. The Kier molecular flexibility index (Phi) is 6.49. The molecule has 190 valence electrons. The van der Waals surface area contributed by atoms with Crippen molar-refractivity contribution >= 4 is 23.6 Å². The summed E-state index contributed by atoms with van der Waals surface area (Å²) in [6, 6.07) is 22.7. The number of amides is 2. The summed E-state index contributed by atoms with van der Waals surface area (Å²) in [5, 5.41) is 1.83. The molecular weight excluding hydrogens is 492 g/mol. The van der Waals surface area contributed by atoms with E-state index in [9.17, 15) is 9.59 Å². The highest BCUT2D eigenvalue weighted by molar-refractivity contribution is 6.30. The first-order valence-electron chi connectivity index (χ1n) is 12.6. The maximum atomic E-state index is 13.1. The number of para-hydroxylation sites is 1. The number of hydrogen-bond donors (Lipinski definition) is 0. The zero-order valence-corrected chi connectivity index (χ0v) is 21.0. The van der Waals surface area contributed by atoms with Crippen LogP contribution in [0.25, 0.3) is 0 Å². The molecule has 37 heavy (non-hydrogen) atoms. The molecule has 0 aromatic heterocycles. The van der Waals surface area contributed by atoms with Crippen molar-refractivity contribution in [2.75, 3.05) is 13.1 Å². The predicted molar refractivity (Wildman–Crippen MR) is 137 cm³/mol. The molecule has 0 saturated carbocycles. The lowest BCUT2D eigenvalue weighted by atomic mass is 9.91. The smallest absolute Gasteiger partial charge is 0.434 e. The SMILES string of the molecule is O=C(ON1C(=O)c2ccc(Oc3ccccc3)cc2C2OC21)N1CCC(CCc2ccc(Cl)cc2)CC1. The van der Waals surface area contributed by atoms with Crippen LogP contribution < -0.4 is 4.74 Å². The van der Waals surface area contributed by atoms with Crippen LogP contribution in [0.4, 0.5) is 4.79 Å². The lowest BCUT2D eigenvalue weighted by Gasteiger charge is -2.33. The summed E-state index contributed by atoms with van der Waals surface area (Å²) >= 11 is 5.97. The van der Waals surface area contributed by atoms with Gasteiger partial charge in [-0.05, 0) is 79.6 Å². The van der Waals surface area contributed by atoms with Crippen molar-refractivity contribution in [1.29, 1.82) is 0 Å². The summed E-state index contributed by atoms with van der Waals surface area (Å²) in [6.07, 6.45) is 2.43. The highest BCUT2D eigenvalue weighted by Crippen LogP contribution is 2.48. The Hall–Kier alpha value is -3.55. The molecular formula is C29H27ClN2O5. The molecule has 3 aromatic rings. The van der Waals surface area contributed by atoms with Crippen LogP contribution in [0, 0.1) is 5.92 Å². The normalized spacial score (nSPS) is 20.7. The van der Waals surface area contributed by atoms with Crippen molar-refractivity contribution in [3.63, 3.8) is 0 Å². The number of carbonyl (C=O) groups excluding carboxylic acids is 2. The summed E-state index contributed by atoms with van der Waals surface area (Å²) < 4.78 is 11.6. The van der Waals surface area contributed by atoms with Crippen molar-refractivity contribution < 1.29 is 23.9 Å². The van der Waals surface area contributed by atoms with E-state index >= 15 is 0 Å². The maximum absolute atomic E-state index is 13.1. The van der Waals surface area contributed by atoms with E-state index in [4.69, 9.17) is 25.9 Å². The molecule has 8 heteroatoms. The highest BCUT2D eigenvalue weighted by atomic mass is 35.5. The van der Waals surface area contributed by atoms with Gasteiger partial charge in [0.15, 0.2) is 6.23 Å². The molecule has 3 aliphatic heterocycles. The molecule has 2 amide bonds. The van der Waals surface area contributed by atoms with E-state index in [2.05, 4.69) is 12.1 Å². The van der Waals surface area contributed by atoms with Gasteiger partial charge in [-0.25, -0.2) is 4.79 Å². The molecule has 6 rings (SSSR count). The first-order chi connectivity index (χ1) is 18.0. The number of nitrogens with zero attached hydrogens (tertiary/aromatic N) is 2. The number of epoxide rings is 1. The van der Waals surface area contributed by atoms with Crippen molar-refractivity contribution in [2.45, 2.75) is 38.0 Å². The van der Waals surface area contributed by atoms with Crippen LogP contribution in [0.3, 0.4) is 0 Å². The Morgan fingerprint density at radius 1 is 0.973 bits per heavy atom. The van der Waals surface area contributed by atoms with E-state index in [1.807, 2.05) is 48.5 Å². The van der Waals surface area contributed by atoms with Gasteiger partial charge in [-0.2, -0.15) is 0 Å². The quantitative estimate of drug-likeness (QED) is 0.354. The predicted octanol–water partition coefficient (Wildman–Crippen LogP) is 6.38. The topological polar surface area (TPSA) is 71.6 Å². The van der Waals surface area contributed by atoms with Gasteiger partial charge in [0.05, 0.1) is 0 Å². The van der Waals surface area contributed by atoms with Gasteiger partial charge >= 0.3 is 6.09 Å². The van der Waals surface area contributed by atoms with E-state index in [0.29, 0.717) is 36.1 Å². The lowest BCUT2D eigenvalue weighted by molar-refractivity contribution is -0.108. The van der Waals surface area contributed by atoms with E-state index in [1.54, 1.807) is 17.0 Å². The Morgan fingerprint density at radius 2 is 1.73 bits per heavy atom. The number of halogens is 1. The Morgan fingerprint density at radius 3 is 2.49 bits per heavy atom. The number of hydroxylamine groups is 2. The summed E-state index contributed by atoms with van der Waals surface area (Å²) in [4.78, 5) is 33.3. The van der Waals surface area contributed by atoms with Crippen molar-refractivity contribution in [2.24, 2.45) is 5.92 Å². The molecule has 0 radical (unpaired) electrons. The van der Waals surface area contributed by atoms with Crippen LogP contribution in [-0.2, 0) is 16.0 Å². The van der Waals surface area contributed by atoms with E-state index in [-0.39, 0.29) is 12.0 Å². The standard InChI is InChI=1S/C29H27ClN2O5/c30-21-10-8-19(9-11-21)6-7-20-14-16-31(17-15-20)29(34)37-32-27(33)24-13-12-23(18-25(24)26-28(32)36-26)35-22-4-2-1-3-5-22/h1-5,8-13,18,20,26,28H,6-7,14-17H2. The minimum absolute atomic E-state index is 0.335. The van der Waals surface area contributed by atoms with Crippen LogP contribution >= 0.6 is 11.6 Å². The first-order valence-corrected chi connectivity index (χ1v) is 13.0. The molecule has 0 spiro atoms. The number of benzene rings is 3. The minimum Gasteiger partial charge on any atom is -0.457 e. The van der Waals surface area contributed by atoms with E-state index < -0.39 is 12.3 Å². The fraction of sp³-hybridized carbons (Fsp3) is 0.310. The molecule has 2 saturated heterocycles. The fourth-order valence-electron chi connectivity index (χ4n) is 5.06. The van der Waals surface area contributed by atoms with Crippen LogP contribution in [0.5, 0.6) is 11.5 Å². The van der Waals surface area contributed by atoms with E-state index in [0.717, 1.165) is 41.3 Å². The molecule has 2 unspecified atom stereocenters. The van der Waals surface area contributed by atoms with Crippen molar-refractivity contribution in [1.82, 2.24) is 9.96 Å².